The molecule has 4 nitrogen and oxygen atoms in total. The Morgan fingerprint density at radius 3 is 2.75 bits per heavy atom. The second-order valence-electron chi connectivity index (χ2n) is 7.28. The quantitative estimate of drug-likeness (QED) is 0.400. The molecule has 2 aromatic carbocycles. The minimum absolute atomic E-state index is 0.0461. The van der Waals surface area contributed by atoms with Gasteiger partial charge in [-0.1, -0.05) is 43.9 Å². The molecule has 0 bridgehead atoms. The van der Waals surface area contributed by atoms with Crippen molar-refractivity contribution < 1.29 is 23.5 Å². The van der Waals surface area contributed by atoms with Gasteiger partial charge in [0.05, 0.1) is 5.56 Å². The average molecular weight is 380 g/mol. The molecule has 0 radical (unpaired) electrons. The number of hydrogen-bond acceptors (Lipinski definition) is 4. The molecule has 28 heavy (non-hydrogen) atoms. The van der Waals surface area contributed by atoms with Crippen LogP contribution in [0, 0.1) is 11.7 Å². The zero-order valence-electron chi connectivity index (χ0n) is 15.4. The maximum Gasteiger partial charge on any atom is 0.311 e. The third-order valence-corrected chi connectivity index (χ3v) is 5.30. The van der Waals surface area contributed by atoms with Gasteiger partial charge in [0, 0.05) is 18.1 Å². The van der Waals surface area contributed by atoms with Crippen LogP contribution in [0.15, 0.2) is 48.2 Å². The number of ether oxygens (including phenoxy) is 2. The van der Waals surface area contributed by atoms with Gasteiger partial charge < -0.3 is 9.47 Å². The standard InChI is InChI=1S/C23H21FO4/c24-19-8-4-3-7-16(19)13-21-23(26)18-11-10-17(14-20(18)28-21)27-22(25)12-9-15-5-1-2-6-15/h3-4,7-8,10-11,13-15H,1-2,5-6,9,12H2. The second-order valence-corrected chi connectivity index (χ2v) is 7.28. The lowest BCUT2D eigenvalue weighted by atomic mass is 10.0. The van der Waals surface area contributed by atoms with Gasteiger partial charge in [-0.25, -0.2) is 4.39 Å². The summed E-state index contributed by atoms with van der Waals surface area (Å²) in [5.41, 5.74) is 0.644. The van der Waals surface area contributed by atoms with E-state index in [0.29, 0.717) is 29.4 Å². The van der Waals surface area contributed by atoms with Gasteiger partial charge in [0.1, 0.15) is 17.3 Å². The number of halogens is 1. The van der Waals surface area contributed by atoms with Crippen molar-refractivity contribution in [3.05, 3.63) is 65.2 Å². The third kappa shape index (κ3) is 3.98. The zero-order valence-corrected chi connectivity index (χ0v) is 15.4. The number of carbonyl (C=O) groups is 2. The molecular weight excluding hydrogens is 359 g/mol. The molecule has 1 aliphatic heterocycles. The molecule has 4 rings (SSSR count). The molecule has 2 aliphatic rings. The molecule has 0 N–H and O–H groups in total. The number of Topliss-reactive ketones (excluding diaryl/α,β-unsaturated/α-hetero) is 1. The van der Waals surface area contributed by atoms with E-state index in [1.807, 2.05) is 0 Å². The summed E-state index contributed by atoms with van der Waals surface area (Å²) in [5.74, 6) is 0.295. The van der Waals surface area contributed by atoms with E-state index in [0.717, 1.165) is 6.42 Å². The first kappa shape index (κ1) is 18.4. The molecule has 0 spiro atoms. The van der Waals surface area contributed by atoms with Gasteiger partial charge in [0.2, 0.25) is 5.78 Å². The molecule has 0 saturated heterocycles. The van der Waals surface area contributed by atoms with Crippen LogP contribution in [0.3, 0.4) is 0 Å². The lowest BCUT2D eigenvalue weighted by Gasteiger charge is -2.09. The van der Waals surface area contributed by atoms with Gasteiger partial charge >= 0.3 is 5.97 Å². The number of allylic oxidation sites excluding steroid dienone is 1. The van der Waals surface area contributed by atoms with E-state index in [1.54, 1.807) is 30.3 Å². The molecule has 2 aromatic rings. The fourth-order valence-electron chi connectivity index (χ4n) is 3.77. The number of fused-ring (bicyclic) bond motifs is 1. The number of benzene rings is 2. The summed E-state index contributed by atoms with van der Waals surface area (Å²) in [6.07, 6.45) is 7.51. The number of esters is 1. The van der Waals surface area contributed by atoms with Crippen LogP contribution in [0.25, 0.3) is 6.08 Å². The van der Waals surface area contributed by atoms with E-state index in [2.05, 4.69) is 0 Å². The van der Waals surface area contributed by atoms with Gasteiger partial charge in [0.15, 0.2) is 5.76 Å². The maximum absolute atomic E-state index is 13.8. The predicted octanol–water partition coefficient (Wildman–Crippen LogP) is 5.32. The van der Waals surface area contributed by atoms with Gasteiger partial charge in [-0.15, -0.1) is 0 Å². The molecule has 0 unspecified atom stereocenters. The Morgan fingerprint density at radius 2 is 1.96 bits per heavy atom. The average Bonchev–Trinajstić information content (AvgIpc) is 3.30. The van der Waals surface area contributed by atoms with Gasteiger partial charge in [-0.3, -0.25) is 9.59 Å². The lowest BCUT2D eigenvalue weighted by molar-refractivity contribution is -0.134. The molecule has 0 amide bonds. The minimum atomic E-state index is -0.431. The van der Waals surface area contributed by atoms with Crippen molar-refractivity contribution >= 4 is 17.8 Å². The molecule has 0 atom stereocenters. The highest BCUT2D eigenvalue weighted by molar-refractivity contribution is 6.14. The summed E-state index contributed by atoms with van der Waals surface area (Å²) in [6.45, 7) is 0. The van der Waals surface area contributed by atoms with E-state index in [1.165, 1.54) is 43.9 Å². The molecule has 5 heteroatoms. The fourth-order valence-corrected chi connectivity index (χ4v) is 3.77. The largest absolute Gasteiger partial charge is 0.452 e. The smallest absolute Gasteiger partial charge is 0.311 e. The highest BCUT2D eigenvalue weighted by Crippen LogP contribution is 2.35. The van der Waals surface area contributed by atoms with Crippen molar-refractivity contribution in [2.75, 3.05) is 0 Å². The third-order valence-electron chi connectivity index (χ3n) is 5.30. The van der Waals surface area contributed by atoms with Crippen LogP contribution in [0.4, 0.5) is 4.39 Å². The van der Waals surface area contributed by atoms with E-state index >= 15 is 0 Å². The minimum Gasteiger partial charge on any atom is -0.452 e. The van der Waals surface area contributed by atoms with Crippen LogP contribution < -0.4 is 9.47 Å². The van der Waals surface area contributed by atoms with Crippen molar-refractivity contribution in [1.82, 2.24) is 0 Å². The lowest BCUT2D eigenvalue weighted by Crippen LogP contribution is -2.09. The Bertz CT molecular complexity index is 941. The van der Waals surface area contributed by atoms with Crippen LogP contribution in [-0.2, 0) is 4.79 Å². The van der Waals surface area contributed by atoms with Crippen molar-refractivity contribution in [2.45, 2.75) is 38.5 Å². The van der Waals surface area contributed by atoms with Crippen molar-refractivity contribution in [3.8, 4) is 11.5 Å². The highest BCUT2D eigenvalue weighted by atomic mass is 19.1. The van der Waals surface area contributed by atoms with E-state index in [4.69, 9.17) is 9.47 Å². The molecular formula is C23H21FO4. The number of hydrogen-bond donors (Lipinski definition) is 0. The summed E-state index contributed by atoms with van der Waals surface area (Å²) >= 11 is 0. The summed E-state index contributed by atoms with van der Waals surface area (Å²) in [5, 5.41) is 0. The SMILES string of the molecule is O=C(CCC1CCCC1)Oc1ccc2c(c1)OC(=Cc1ccccc1F)C2=O. The highest BCUT2D eigenvalue weighted by Gasteiger charge is 2.28. The second kappa shape index (κ2) is 7.97. The number of ketones is 1. The summed E-state index contributed by atoms with van der Waals surface area (Å²) < 4.78 is 24.8. The Kier molecular flexibility index (Phi) is 5.24. The summed E-state index contributed by atoms with van der Waals surface area (Å²) in [6, 6.07) is 10.8. The first-order valence-corrected chi connectivity index (χ1v) is 9.63. The molecule has 1 aliphatic carbocycles. The van der Waals surface area contributed by atoms with Crippen LogP contribution in [0.1, 0.15) is 54.4 Å². The van der Waals surface area contributed by atoms with E-state index in [9.17, 15) is 14.0 Å². The van der Waals surface area contributed by atoms with Crippen LogP contribution in [-0.4, -0.2) is 11.8 Å². The first-order chi connectivity index (χ1) is 13.6. The molecule has 144 valence electrons. The Labute approximate surface area is 163 Å². The Hall–Kier alpha value is -2.95. The molecule has 1 saturated carbocycles. The van der Waals surface area contributed by atoms with E-state index in [-0.39, 0.29) is 23.1 Å². The van der Waals surface area contributed by atoms with E-state index < -0.39 is 5.82 Å². The van der Waals surface area contributed by atoms with Crippen LogP contribution in [0.2, 0.25) is 0 Å². The van der Waals surface area contributed by atoms with Crippen LogP contribution >= 0.6 is 0 Å². The Morgan fingerprint density at radius 1 is 1.18 bits per heavy atom. The molecule has 0 aromatic heterocycles. The van der Waals surface area contributed by atoms with Crippen molar-refractivity contribution in [2.24, 2.45) is 5.92 Å². The fraction of sp³-hybridized carbons (Fsp3) is 0.304. The van der Waals surface area contributed by atoms with Gasteiger partial charge in [0.25, 0.3) is 0 Å². The number of rotatable bonds is 5. The maximum atomic E-state index is 13.8. The Balaban J connectivity index is 1.43. The zero-order chi connectivity index (χ0) is 19.5. The normalized spacial score (nSPS) is 17.6. The topological polar surface area (TPSA) is 52.6 Å². The monoisotopic (exact) mass is 380 g/mol. The predicted molar refractivity (Wildman–Crippen MR) is 103 cm³/mol. The van der Waals surface area contributed by atoms with Gasteiger partial charge in [-0.05, 0) is 36.6 Å². The van der Waals surface area contributed by atoms with Crippen molar-refractivity contribution in [1.29, 1.82) is 0 Å². The van der Waals surface area contributed by atoms with Gasteiger partial charge in [-0.2, -0.15) is 0 Å². The van der Waals surface area contributed by atoms with Crippen molar-refractivity contribution in [3.63, 3.8) is 0 Å². The molecule has 1 heterocycles. The first-order valence-electron chi connectivity index (χ1n) is 9.63. The number of carbonyl (C=O) groups excluding carboxylic acids is 2. The summed E-state index contributed by atoms with van der Waals surface area (Å²) in [4.78, 5) is 24.6. The van der Waals surface area contributed by atoms with Crippen LogP contribution in [0.5, 0.6) is 11.5 Å². The molecule has 1 fully saturated rings. The summed E-state index contributed by atoms with van der Waals surface area (Å²) in [7, 11) is 0.